The van der Waals surface area contributed by atoms with E-state index in [0.29, 0.717) is 0 Å². The Morgan fingerprint density at radius 2 is 1.18 bits per heavy atom. The smallest absolute Gasteiger partial charge is 0.318 e. The average Bonchev–Trinajstić information content (AvgIpc) is 2.50. The summed E-state index contributed by atoms with van der Waals surface area (Å²) in [6, 6.07) is 0. The minimum atomic E-state index is -0.782. The van der Waals surface area contributed by atoms with Crippen LogP contribution in [0.1, 0.15) is 90.9 Å². The van der Waals surface area contributed by atoms with E-state index >= 15 is 0 Å². The molecule has 0 heterocycles. The van der Waals surface area contributed by atoms with Gasteiger partial charge in [0.1, 0.15) is 6.54 Å². The Balaban J connectivity index is 3.72. The lowest BCUT2D eigenvalue weighted by Gasteiger charge is -2.22. The van der Waals surface area contributed by atoms with Crippen LogP contribution < -0.4 is 5.43 Å². The first kappa shape index (κ1) is 21.4. The molecule has 2 N–H and O–H groups in total. The van der Waals surface area contributed by atoms with Crippen LogP contribution in [0.15, 0.2) is 0 Å². The van der Waals surface area contributed by atoms with Gasteiger partial charge in [0.15, 0.2) is 0 Å². The lowest BCUT2D eigenvalue weighted by molar-refractivity contribution is -0.137. The van der Waals surface area contributed by atoms with Gasteiger partial charge in [-0.15, -0.1) is 0 Å². The van der Waals surface area contributed by atoms with E-state index in [1.807, 2.05) is 0 Å². The Hall–Kier alpha value is -0.610. The second-order valence-corrected chi connectivity index (χ2v) is 6.25. The Morgan fingerprint density at radius 1 is 0.773 bits per heavy atom. The lowest BCUT2D eigenvalue weighted by Crippen LogP contribution is -2.42. The first-order chi connectivity index (χ1) is 10.7. The number of unbranched alkanes of at least 4 members (excludes halogenated alkanes) is 10. The lowest BCUT2D eigenvalue weighted by atomic mass is 10.1. The minimum absolute atomic E-state index is 0.0334. The first-order valence-electron chi connectivity index (χ1n) is 9.41. The van der Waals surface area contributed by atoms with Crippen LogP contribution in [0.2, 0.25) is 0 Å². The summed E-state index contributed by atoms with van der Waals surface area (Å²) in [5.41, 5.74) is 3.06. The van der Waals surface area contributed by atoms with Gasteiger partial charge in [0.25, 0.3) is 0 Å². The number of hydrazine groups is 1. The largest absolute Gasteiger partial charge is 0.480 e. The Bertz CT molecular complexity index is 231. The normalized spacial score (nSPS) is 11.2. The van der Waals surface area contributed by atoms with Gasteiger partial charge in [0, 0.05) is 13.1 Å². The molecular weight excluding hydrogens is 276 g/mol. The molecule has 0 radical (unpaired) electrons. The summed E-state index contributed by atoms with van der Waals surface area (Å²) in [6.07, 6.45) is 15.3. The molecule has 0 aliphatic heterocycles. The fourth-order valence-corrected chi connectivity index (χ4v) is 2.62. The van der Waals surface area contributed by atoms with Crippen molar-refractivity contribution in [3.8, 4) is 0 Å². The molecule has 0 atom stereocenters. The number of aliphatic carboxylic acids is 1. The average molecular weight is 315 g/mol. The SMILES string of the molecule is CCCCCCCCN(CCCCCCCC)NCC(=O)O. The van der Waals surface area contributed by atoms with E-state index in [0.717, 1.165) is 25.9 Å². The molecule has 132 valence electrons. The van der Waals surface area contributed by atoms with Gasteiger partial charge in [-0.1, -0.05) is 78.1 Å². The van der Waals surface area contributed by atoms with Crippen LogP contribution in [0.25, 0.3) is 0 Å². The van der Waals surface area contributed by atoms with Gasteiger partial charge < -0.3 is 5.11 Å². The highest BCUT2D eigenvalue weighted by Crippen LogP contribution is 2.08. The molecule has 0 aliphatic rings. The van der Waals surface area contributed by atoms with E-state index in [2.05, 4.69) is 24.3 Å². The molecule has 22 heavy (non-hydrogen) atoms. The number of rotatable bonds is 17. The molecule has 4 heteroatoms. The van der Waals surface area contributed by atoms with Crippen molar-refractivity contribution in [1.82, 2.24) is 10.4 Å². The molecule has 0 unspecified atom stereocenters. The topological polar surface area (TPSA) is 52.6 Å². The van der Waals surface area contributed by atoms with Crippen molar-refractivity contribution >= 4 is 5.97 Å². The maximum atomic E-state index is 10.7. The highest BCUT2D eigenvalue weighted by Gasteiger charge is 2.06. The molecule has 0 saturated heterocycles. The number of hydrogen-bond acceptors (Lipinski definition) is 3. The molecule has 0 saturated carbocycles. The summed E-state index contributed by atoms with van der Waals surface area (Å²) >= 11 is 0. The fourth-order valence-electron chi connectivity index (χ4n) is 2.62. The zero-order valence-corrected chi connectivity index (χ0v) is 14.9. The van der Waals surface area contributed by atoms with Gasteiger partial charge in [0.2, 0.25) is 0 Å². The zero-order chi connectivity index (χ0) is 16.5. The van der Waals surface area contributed by atoms with Crippen LogP contribution in [0, 0.1) is 0 Å². The molecule has 0 fully saturated rings. The number of nitrogens with zero attached hydrogens (tertiary/aromatic N) is 1. The summed E-state index contributed by atoms with van der Waals surface area (Å²) in [7, 11) is 0. The van der Waals surface area contributed by atoms with Gasteiger partial charge in [-0.25, -0.2) is 10.4 Å². The van der Waals surface area contributed by atoms with Crippen molar-refractivity contribution < 1.29 is 9.90 Å². The van der Waals surface area contributed by atoms with Crippen molar-refractivity contribution in [2.24, 2.45) is 0 Å². The Morgan fingerprint density at radius 3 is 1.59 bits per heavy atom. The molecular formula is C18H38N2O2. The van der Waals surface area contributed by atoms with Crippen molar-refractivity contribution in [3.05, 3.63) is 0 Å². The first-order valence-corrected chi connectivity index (χ1v) is 9.41. The highest BCUT2D eigenvalue weighted by molar-refractivity contribution is 5.68. The van der Waals surface area contributed by atoms with Crippen LogP contribution in [0.4, 0.5) is 0 Å². The number of hydrogen-bond donors (Lipinski definition) is 2. The summed E-state index contributed by atoms with van der Waals surface area (Å²) in [5.74, 6) is -0.782. The van der Waals surface area contributed by atoms with Crippen LogP contribution in [0.3, 0.4) is 0 Å². The molecule has 0 amide bonds. The van der Waals surface area contributed by atoms with E-state index in [4.69, 9.17) is 5.11 Å². The second-order valence-electron chi connectivity index (χ2n) is 6.25. The van der Waals surface area contributed by atoms with Crippen LogP contribution >= 0.6 is 0 Å². The Kier molecular flexibility index (Phi) is 16.3. The molecule has 0 aromatic rings. The summed E-state index contributed by atoms with van der Waals surface area (Å²) in [5, 5.41) is 10.9. The maximum absolute atomic E-state index is 10.7. The summed E-state index contributed by atoms with van der Waals surface area (Å²) < 4.78 is 0. The molecule has 0 aromatic heterocycles. The molecule has 0 aromatic carbocycles. The van der Waals surface area contributed by atoms with Crippen molar-refractivity contribution in [1.29, 1.82) is 0 Å². The van der Waals surface area contributed by atoms with Crippen LogP contribution in [-0.2, 0) is 4.79 Å². The molecule has 0 bridgehead atoms. The second kappa shape index (κ2) is 16.8. The van der Waals surface area contributed by atoms with Gasteiger partial charge in [-0.05, 0) is 12.8 Å². The van der Waals surface area contributed by atoms with Crippen molar-refractivity contribution in [2.45, 2.75) is 90.9 Å². The van der Waals surface area contributed by atoms with E-state index in [-0.39, 0.29) is 6.54 Å². The summed E-state index contributed by atoms with van der Waals surface area (Å²) in [6.45, 7) is 6.44. The standard InChI is InChI=1S/C18H38N2O2/c1-3-5-7-9-11-13-15-20(19-17-18(21)22)16-14-12-10-8-6-4-2/h19H,3-17H2,1-2H3,(H,21,22). The molecule has 0 rings (SSSR count). The third-order valence-corrected chi connectivity index (χ3v) is 4.02. The van der Waals surface area contributed by atoms with Crippen molar-refractivity contribution in [3.63, 3.8) is 0 Å². The van der Waals surface area contributed by atoms with E-state index in [9.17, 15) is 4.79 Å². The predicted octanol–water partition coefficient (Wildman–Crippen LogP) is 4.60. The number of carboxylic acid groups (broad SMARTS) is 1. The van der Waals surface area contributed by atoms with Gasteiger partial charge in [-0.2, -0.15) is 0 Å². The third-order valence-electron chi connectivity index (χ3n) is 4.02. The maximum Gasteiger partial charge on any atom is 0.318 e. The highest BCUT2D eigenvalue weighted by atomic mass is 16.4. The van der Waals surface area contributed by atoms with E-state index in [1.165, 1.54) is 64.2 Å². The fraction of sp³-hybridized carbons (Fsp3) is 0.944. The summed E-state index contributed by atoms with van der Waals surface area (Å²) in [4.78, 5) is 10.7. The number of nitrogens with one attached hydrogen (secondary N) is 1. The molecule has 0 spiro atoms. The van der Waals surface area contributed by atoms with E-state index in [1.54, 1.807) is 0 Å². The van der Waals surface area contributed by atoms with Crippen molar-refractivity contribution in [2.75, 3.05) is 19.6 Å². The van der Waals surface area contributed by atoms with Gasteiger partial charge in [-0.3, -0.25) is 4.79 Å². The zero-order valence-electron chi connectivity index (χ0n) is 14.9. The predicted molar refractivity (Wildman–Crippen MR) is 94.0 cm³/mol. The minimum Gasteiger partial charge on any atom is -0.480 e. The molecule has 0 aliphatic carbocycles. The quantitative estimate of drug-likeness (QED) is 0.304. The van der Waals surface area contributed by atoms with Crippen LogP contribution in [0.5, 0.6) is 0 Å². The third kappa shape index (κ3) is 15.8. The van der Waals surface area contributed by atoms with Crippen LogP contribution in [-0.4, -0.2) is 35.7 Å². The van der Waals surface area contributed by atoms with Gasteiger partial charge >= 0.3 is 5.97 Å². The Labute approximate surface area is 137 Å². The van der Waals surface area contributed by atoms with Gasteiger partial charge in [0.05, 0.1) is 0 Å². The number of carboxylic acids is 1. The monoisotopic (exact) mass is 314 g/mol. The molecule has 4 nitrogen and oxygen atoms in total. The van der Waals surface area contributed by atoms with E-state index < -0.39 is 5.97 Å². The number of carbonyl (C=O) groups is 1.